The van der Waals surface area contributed by atoms with Crippen molar-refractivity contribution in [3.05, 3.63) is 102 Å². The van der Waals surface area contributed by atoms with Crippen molar-refractivity contribution in [2.75, 3.05) is 16.4 Å². The fraction of sp³-hybridized carbons (Fsp3) is 0.286. The highest BCUT2D eigenvalue weighted by molar-refractivity contribution is 6.06. The van der Waals surface area contributed by atoms with Crippen molar-refractivity contribution in [1.82, 2.24) is 9.13 Å². The molecule has 5 aromatic rings. The number of carbonyl (C=O) groups is 3. The molecule has 48 heavy (non-hydrogen) atoms. The minimum absolute atomic E-state index is 0.0110. The molecule has 5 N–H and O–H groups in total. The fourth-order valence-electron chi connectivity index (χ4n) is 5.90. The van der Waals surface area contributed by atoms with E-state index in [-0.39, 0.29) is 68.9 Å². The molecular formula is C35H35N5O8. The van der Waals surface area contributed by atoms with Gasteiger partial charge in [0.25, 0.3) is 28.1 Å². The van der Waals surface area contributed by atoms with Crippen molar-refractivity contribution in [2.45, 2.75) is 52.6 Å². The van der Waals surface area contributed by atoms with Crippen molar-refractivity contribution in [1.29, 1.82) is 0 Å². The summed E-state index contributed by atoms with van der Waals surface area (Å²) in [5, 5.41) is 14.4. The Labute approximate surface area is 273 Å². The zero-order chi connectivity index (χ0) is 35.0. The van der Waals surface area contributed by atoms with E-state index in [0.29, 0.717) is 12.0 Å². The second kappa shape index (κ2) is 13.1. The zero-order valence-electron chi connectivity index (χ0n) is 26.8. The number of rotatable bonds is 11. The molecule has 3 aromatic carbocycles. The number of carbonyl (C=O) groups excluding carboxylic acids is 3. The standard InChI is InChI=1S/C35H35N5O8/c1-17(2)9-23(16-41)39-32(45)25-14-27-28(15-26(25)33(39)46)35(48)40(34(27)47)29(10-18(3)4)31(44)38-22-12-19(11-20(36)13-22)30(43)37-21-5-7-24(42)8-6-21/h5-8,11-18,23,29,42H,9-10,36H2,1-4H3,(H,37,43)(H,38,44)/t23-,29-/m1/s1. The van der Waals surface area contributed by atoms with Crippen LogP contribution < -0.4 is 38.6 Å². The number of aromatic nitrogens is 2. The average Bonchev–Trinajstić information content (AvgIpc) is 3.41. The number of hydrogen-bond donors (Lipinski definition) is 4. The van der Waals surface area contributed by atoms with E-state index in [2.05, 4.69) is 10.6 Å². The summed E-state index contributed by atoms with van der Waals surface area (Å²) in [5.41, 5.74) is 3.76. The second-order valence-corrected chi connectivity index (χ2v) is 12.7. The van der Waals surface area contributed by atoms with E-state index in [1.807, 2.05) is 27.7 Å². The number of hydrogen-bond acceptors (Lipinski definition) is 9. The van der Waals surface area contributed by atoms with Gasteiger partial charge in [-0.05, 0) is 79.3 Å². The first-order valence-electron chi connectivity index (χ1n) is 15.4. The number of phenolic OH excluding ortho intramolecular Hbond substituents is 1. The predicted molar refractivity (Wildman–Crippen MR) is 183 cm³/mol. The van der Waals surface area contributed by atoms with Crippen LogP contribution in [0.25, 0.3) is 21.5 Å². The van der Waals surface area contributed by atoms with E-state index >= 15 is 0 Å². The van der Waals surface area contributed by atoms with E-state index in [1.54, 1.807) is 0 Å². The minimum Gasteiger partial charge on any atom is -0.508 e. The van der Waals surface area contributed by atoms with Crippen LogP contribution in [0.3, 0.4) is 0 Å². The Kier molecular flexibility index (Phi) is 9.15. The molecule has 2 heterocycles. The van der Waals surface area contributed by atoms with Crippen LogP contribution in [0, 0.1) is 11.8 Å². The maximum absolute atomic E-state index is 13.8. The quantitative estimate of drug-likeness (QED) is 0.0936. The van der Waals surface area contributed by atoms with Gasteiger partial charge in [-0.15, -0.1) is 0 Å². The van der Waals surface area contributed by atoms with Crippen LogP contribution in [0.15, 0.2) is 73.8 Å². The Morgan fingerprint density at radius 2 is 1.25 bits per heavy atom. The second-order valence-electron chi connectivity index (χ2n) is 12.7. The molecule has 2 atom stereocenters. The molecular weight excluding hydrogens is 618 g/mol. The van der Waals surface area contributed by atoms with E-state index in [0.717, 1.165) is 9.13 Å². The predicted octanol–water partition coefficient (Wildman–Crippen LogP) is 3.46. The molecule has 2 amide bonds. The molecule has 0 fully saturated rings. The summed E-state index contributed by atoms with van der Waals surface area (Å²) in [6.45, 7) is 7.32. The van der Waals surface area contributed by atoms with Gasteiger partial charge < -0.3 is 26.3 Å². The largest absolute Gasteiger partial charge is 0.508 e. The first-order chi connectivity index (χ1) is 22.7. The monoisotopic (exact) mass is 653 g/mol. The Balaban J connectivity index is 1.53. The third-order valence-corrected chi connectivity index (χ3v) is 8.08. The maximum Gasteiger partial charge on any atom is 0.262 e. The number of nitrogens with one attached hydrogen (secondary N) is 2. The number of aromatic hydroxyl groups is 1. The highest BCUT2D eigenvalue weighted by Gasteiger charge is 2.30. The lowest BCUT2D eigenvalue weighted by Crippen LogP contribution is -2.38. The Morgan fingerprint density at radius 3 is 1.75 bits per heavy atom. The molecule has 5 rings (SSSR count). The minimum atomic E-state index is -1.30. The first kappa shape index (κ1) is 33.5. The molecule has 0 aliphatic carbocycles. The Morgan fingerprint density at radius 1 is 0.729 bits per heavy atom. The van der Waals surface area contributed by atoms with Crippen LogP contribution in [0.4, 0.5) is 17.1 Å². The third-order valence-electron chi connectivity index (χ3n) is 8.08. The summed E-state index contributed by atoms with van der Waals surface area (Å²) in [6.07, 6.45) is 0.868. The van der Waals surface area contributed by atoms with Crippen molar-refractivity contribution < 1.29 is 19.5 Å². The topological polar surface area (TPSA) is 200 Å². The molecule has 0 saturated heterocycles. The number of benzene rings is 3. The number of aldehydes is 1. The lowest BCUT2D eigenvalue weighted by Gasteiger charge is -2.19. The molecule has 0 aliphatic rings. The SMILES string of the molecule is CC(C)C[C@H](C(=O)Nc1cc(N)cc(C(=O)Nc2ccc(O)cc2)c1)n1c(=O)c2cc3c(=O)n([C@@H](C=O)CC(C)C)c(=O)c3cc2c1=O. The summed E-state index contributed by atoms with van der Waals surface area (Å²) >= 11 is 0. The Hall–Kier alpha value is -5.85. The molecule has 13 nitrogen and oxygen atoms in total. The summed E-state index contributed by atoms with van der Waals surface area (Å²) in [5.74, 6) is -1.38. The molecule has 0 saturated carbocycles. The highest BCUT2D eigenvalue weighted by Crippen LogP contribution is 2.24. The lowest BCUT2D eigenvalue weighted by molar-refractivity contribution is -0.119. The third kappa shape index (κ3) is 6.39. The van der Waals surface area contributed by atoms with Crippen LogP contribution in [-0.4, -0.2) is 32.3 Å². The molecule has 0 bridgehead atoms. The van der Waals surface area contributed by atoms with Gasteiger partial charge in [0.1, 0.15) is 18.1 Å². The summed E-state index contributed by atoms with van der Waals surface area (Å²) in [4.78, 5) is 92.6. The van der Waals surface area contributed by atoms with Crippen LogP contribution >= 0.6 is 0 Å². The van der Waals surface area contributed by atoms with Crippen molar-refractivity contribution in [2.24, 2.45) is 11.8 Å². The number of nitrogen functional groups attached to an aromatic ring is 1. The van der Waals surface area contributed by atoms with Gasteiger partial charge in [-0.25, -0.2) is 0 Å². The molecule has 0 spiro atoms. The summed E-state index contributed by atoms with van der Waals surface area (Å²) in [7, 11) is 0. The first-order valence-corrected chi connectivity index (χ1v) is 15.4. The van der Waals surface area contributed by atoms with Crippen molar-refractivity contribution >= 4 is 56.7 Å². The van der Waals surface area contributed by atoms with Crippen molar-refractivity contribution in [3.63, 3.8) is 0 Å². The van der Waals surface area contributed by atoms with Gasteiger partial charge in [0, 0.05) is 22.6 Å². The number of phenols is 1. The Bertz CT molecular complexity index is 2200. The fourth-order valence-corrected chi connectivity index (χ4v) is 5.90. The molecule has 248 valence electrons. The number of nitrogens with zero attached hydrogens (tertiary/aromatic N) is 2. The number of nitrogens with two attached hydrogens (primary N) is 1. The highest BCUT2D eigenvalue weighted by atomic mass is 16.3. The number of anilines is 3. The van der Waals surface area contributed by atoms with E-state index in [9.17, 15) is 38.7 Å². The zero-order valence-corrected chi connectivity index (χ0v) is 26.8. The smallest absolute Gasteiger partial charge is 0.262 e. The van der Waals surface area contributed by atoms with Crippen molar-refractivity contribution in [3.8, 4) is 5.75 Å². The molecule has 2 aromatic heterocycles. The van der Waals surface area contributed by atoms with Gasteiger partial charge in [0.05, 0.1) is 27.6 Å². The van der Waals surface area contributed by atoms with E-state index < -0.39 is 46.1 Å². The van der Waals surface area contributed by atoms with Crippen LogP contribution in [0.5, 0.6) is 5.75 Å². The molecule has 0 aliphatic heterocycles. The summed E-state index contributed by atoms with van der Waals surface area (Å²) < 4.78 is 1.68. The van der Waals surface area contributed by atoms with Crippen LogP contribution in [0.2, 0.25) is 0 Å². The number of amides is 2. The van der Waals surface area contributed by atoms with Gasteiger partial charge in [-0.3, -0.25) is 37.9 Å². The normalized spacial score (nSPS) is 12.9. The molecule has 0 radical (unpaired) electrons. The lowest BCUT2D eigenvalue weighted by atomic mass is 10.0. The average molecular weight is 654 g/mol. The molecule has 0 unspecified atom stereocenters. The van der Waals surface area contributed by atoms with E-state index in [4.69, 9.17) is 5.73 Å². The van der Waals surface area contributed by atoms with E-state index in [1.165, 1.54) is 54.6 Å². The van der Waals surface area contributed by atoms with Gasteiger partial charge >= 0.3 is 0 Å². The van der Waals surface area contributed by atoms with Gasteiger partial charge in [0.15, 0.2) is 0 Å². The summed E-state index contributed by atoms with van der Waals surface area (Å²) in [6, 6.07) is 10.1. The molecule has 13 heteroatoms. The maximum atomic E-state index is 13.8. The number of fused-ring (bicyclic) bond motifs is 2. The van der Waals surface area contributed by atoms with Gasteiger partial charge in [-0.2, -0.15) is 0 Å². The van der Waals surface area contributed by atoms with Gasteiger partial charge in [-0.1, -0.05) is 27.7 Å². The van der Waals surface area contributed by atoms with Crippen LogP contribution in [-0.2, 0) is 9.59 Å². The van der Waals surface area contributed by atoms with Crippen LogP contribution in [0.1, 0.15) is 63.0 Å². The van der Waals surface area contributed by atoms with Gasteiger partial charge in [0.2, 0.25) is 5.91 Å².